The lowest BCUT2D eigenvalue weighted by atomic mass is 9.68. The van der Waals surface area contributed by atoms with Gasteiger partial charge in [0.05, 0.1) is 22.4 Å². The van der Waals surface area contributed by atoms with E-state index in [1.807, 2.05) is 0 Å². The molecule has 6 heteroatoms. The summed E-state index contributed by atoms with van der Waals surface area (Å²) >= 11 is 0. The van der Waals surface area contributed by atoms with Gasteiger partial charge in [-0.05, 0) is 80.2 Å². The molecule has 26 heavy (non-hydrogen) atoms. The smallest absolute Gasteiger partial charge is 0.399 e. The minimum absolute atomic E-state index is 0.362. The van der Waals surface area contributed by atoms with E-state index in [-0.39, 0.29) is 36.6 Å². The summed E-state index contributed by atoms with van der Waals surface area (Å²) in [6.07, 6.45) is 0. The third kappa shape index (κ3) is 3.05. The van der Waals surface area contributed by atoms with Crippen LogP contribution in [0.1, 0.15) is 66.5 Å². The highest BCUT2D eigenvalue weighted by molar-refractivity contribution is 6.66. The Morgan fingerprint density at radius 2 is 0.808 bits per heavy atom. The molecule has 2 saturated heterocycles. The van der Waals surface area contributed by atoms with Crippen molar-refractivity contribution in [2.75, 3.05) is 0 Å². The van der Waals surface area contributed by atoms with Gasteiger partial charge in [0, 0.05) is 0 Å². The summed E-state index contributed by atoms with van der Waals surface area (Å²) in [5.74, 6) is 0. The van der Waals surface area contributed by atoms with Crippen LogP contribution in [0.4, 0.5) is 0 Å². The molecule has 0 amide bonds. The van der Waals surface area contributed by atoms with E-state index in [0.29, 0.717) is 0 Å². The predicted molar refractivity (Wildman–Crippen MR) is 107 cm³/mol. The van der Waals surface area contributed by atoms with Gasteiger partial charge in [-0.2, -0.15) is 0 Å². The molecule has 0 N–H and O–H groups in total. The van der Waals surface area contributed by atoms with Crippen LogP contribution in [0.3, 0.4) is 0 Å². The molecule has 0 aliphatic carbocycles. The standard InChI is InChI=1S/C20H32B2O4/c1-13-11-14(2)16(22-25-19(7,8)20(9,10)26-22)12-15(13)21-23-17(3,4)18(5,6)24-21/h11-12H,1-10H3. The molecule has 3 rings (SSSR count). The second-order valence-electron chi connectivity index (χ2n) is 9.74. The number of hydrogen-bond donors (Lipinski definition) is 0. The molecule has 2 aliphatic heterocycles. The molecule has 1 aromatic carbocycles. The molecule has 1 aromatic rings. The van der Waals surface area contributed by atoms with Crippen LogP contribution >= 0.6 is 0 Å². The zero-order chi connectivity index (χ0) is 19.7. The molecule has 142 valence electrons. The van der Waals surface area contributed by atoms with Gasteiger partial charge in [0.1, 0.15) is 0 Å². The van der Waals surface area contributed by atoms with Crippen molar-refractivity contribution < 1.29 is 18.6 Å². The van der Waals surface area contributed by atoms with Gasteiger partial charge in [-0.25, -0.2) is 0 Å². The molecule has 0 bridgehead atoms. The molecule has 2 fully saturated rings. The summed E-state index contributed by atoms with van der Waals surface area (Å²) in [5.41, 5.74) is 2.94. The Balaban J connectivity index is 1.97. The lowest BCUT2D eigenvalue weighted by Gasteiger charge is -2.32. The summed E-state index contributed by atoms with van der Waals surface area (Å²) < 4.78 is 25.1. The van der Waals surface area contributed by atoms with Crippen LogP contribution < -0.4 is 10.9 Å². The zero-order valence-corrected chi connectivity index (χ0v) is 17.9. The van der Waals surface area contributed by atoms with Gasteiger partial charge in [-0.15, -0.1) is 0 Å². The molecular weight excluding hydrogens is 326 g/mol. The van der Waals surface area contributed by atoms with Gasteiger partial charge >= 0.3 is 14.2 Å². The molecule has 0 saturated carbocycles. The highest BCUT2D eigenvalue weighted by Gasteiger charge is 2.54. The minimum atomic E-state index is -0.387. The average Bonchev–Trinajstić information content (AvgIpc) is 2.78. The van der Waals surface area contributed by atoms with Crippen LogP contribution in [0.25, 0.3) is 0 Å². The van der Waals surface area contributed by atoms with Crippen LogP contribution in [0.2, 0.25) is 0 Å². The van der Waals surface area contributed by atoms with E-state index in [2.05, 4.69) is 81.4 Å². The lowest BCUT2D eigenvalue weighted by molar-refractivity contribution is 0.00578. The summed E-state index contributed by atoms with van der Waals surface area (Å²) in [5, 5.41) is 0. The fraction of sp³-hybridized carbons (Fsp3) is 0.700. The predicted octanol–water partition coefficient (Wildman–Crippen LogP) is 2.90. The first kappa shape index (κ1) is 19.9. The highest BCUT2D eigenvalue weighted by Crippen LogP contribution is 2.38. The van der Waals surface area contributed by atoms with Crippen LogP contribution in [0.15, 0.2) is 12.1 Å². The maximum absolute atomic E-state index is 6.27. The molecule has 0 unspecified atom stereocenters. The first-order valence-corrected chi connectivity index (χ1v) is 9.49. The largest absolute Gasteiger partial charge is 0.495 e. The van der Waals surface area contributed by atoms with E-state index < -0.39 is 0 Å². The number of aryl methyl sites for hydroxylation is 2. The number of rotatable bonds is 2. The lowest BCUT2D eigenvalue weighted by Crippen LogP contribution is -2.43. The van der Waals surface area contributed by atoms with E-state index in [0.717, 1.165) is 22.1 Å². The van der Waals surface area contributed by atoms with Gasteiger partial charge in [0.15, 0.2) is 0 Å². The van der Waals surface area contributed by atoms with Gasteiger partial charge in [-0.1, -0.05) is 23.3 Å². The summed E-state index contributed by atoms with van der Waals surface area (Å²) in [6, 6.07) is 4.30. The van der Waals surface area contributed by atoms with Crippen LogP contribution in [-0.4, -0.2) is 36.6 Å². The van der Waals surface area contributed by atoms with Crippen LogP contribution in [0, 0.1) is 13.8 Å². The van der Waals surface area contributed by atoms with E-state index >= 15 is 0 Å². The average molecular weight is 358 g/mol. The third-order valence-corrected chi connectivity index (χ3v) is 6.67. The Kier molecular flexibility index (Phi) is 4.48. The topological polar surface area (TPSA) is 36.9 Å². The summed E-state index contributed by atoms with van der Waals surface area (Å²) in [4.78, 5) is 0. The Labute approximate surface area is 159 Å². The van der Waals surface area contributed by atoms with E-state index in [1.165, 1.54) is 0 Å². The quantitative estimate of drug-likeness (QED) is 0.762. The van der Waals surface area contributed by atoms with Gasteiger partial charge in [0.2, 0.25) is 0 Å². The highest BCUT2D eigenvalue weighted by atomic mass is 16.7. The molecule has 0 spiro atoms. The molecule has 0 atom stereocenters. The maximum Gasteiger partial charge on any atom is 0.495 e. The Hall–Kier alpha value is -0.810. The Bertz CT molecular complexity index is 636. The second kappa shape index (κ2) is 5.84. The van der Waals surface area contributed by atoms with Crippen molar-refractivity contribution in [3.63, 3.8) is 0 Å². The molecular formula is C20H32B2O4. The molecule has 4 nitrogen and oxygen atoms in total. The first-order valence-electron chi connectivity index (χ1n) is 9.49. The maximum atomic E-state index is 6.27. The van der Waals surface area contributed by atoms with Crippen molar-refractivity contribution in [2.24, 2.45) is 0 Å². The van der Waals surface area contributed by atoms with Crippen molar-refractivity contribution in [3.8, 4) is 0 Å². The molecule has 2 aliphatic rings. The van der Waals surface area contributed by atoms with Crippen LogP contribution in [0.5, 0.6) is 0 Å². The van der Waals surface area contributed by atoms with Crippen molar-refractivity contribution >= 4 is 25.2 Å². The normalized spacial score (nSPS) is 25.8. The van der Waals surface area contributed by atoms with Gasteiger partial charge in [0.25, 0.3) is 0 Å². The molecule has 0 aromatic heterocycles. The van der Waals surface area contributed by atoms with Crippen molar-refractivity contribution in [1.29, 1.82) is 0 Å². The molecule has 0 radical (unpaired) electrons. The van der Waals surface area contributed by atoms with Gasteiger partial charge in [-0.3, -0.25) is 0 Å². The second-order valence-corrected chi connectivity index (χ2v) is 9.74. The monoisotopic (exact) mass is 358 g/mol. The van der Waals surface area contributed by atoms with Gasteiger partial charge < -0.3 is 18.6 Å². The van der Waals surface area contributed by atoms with E-state index in [4.69, 9.17) is 18.6 Å². The fourth-order valence-electron chi connectivity index (χ4n) is 3.33. The SMILES string of the molecule is Cc1cc(C)c(B2OC(C)(C)C(C)(C)O2)cc1B1OC(C)(C)C(C)(C)O1. The number of hydrogen-bond acceptors (Lipinski definition) is 4. The van der Waals surface area contributed by atoms with Crippen molar-refractivity contribution in [2.45, 2.75) is 91.6 Å². The number of benzene rings is 1. The summed E-state index contributed by atoms with van der Waals surface area (Å²) in [7, 11) is -0.774. The van der Waals surface area contributed by atoms with Crippen molar-refractivity contribution in [3.05, 3.63) is 23.3 Å². The van der Waals surface area contributed by atoms with Crippen LogP contribution in [-0.2, 0) is 18.6 Å². The molecule has 2 heterocycles. The minimum Gasteiger partial charge on any atom is -0.399 e. The Morgan fingerprint density at radius 1 is 0.538 bits per heavy atom. The Morgan fingerprint density at radius 3 is 1.08 bits per heavy atom. The van der Waals surface area contributed by atoms with E-state index in [9.17, 15) is 0 Å². The zero-order valence-electron chi connectivity index (χ0n) is 17.9. The summed E-state index contributed by atoms with van der Waals surface area (Å²) in [6.45, 7) is 20.8. The van der Waals surface area contributed by atoms with E-state index in [1.54, 1.807) is 0 Å². The van der Waals surface area contributed by atoms with Crippen molar-refractivity contribution in [1.82, 2.24) is 0 Å². The first-order chi connectivity index (χ1) is 11.7. The fourth-order valence-corrected chi connectivity index (χ4v) is 3.33. The third-order valence-electron chi connectivity index (χ3n) is 6.67.